The normalized spacial score (nSPS) is 15.2. The van der Waals surface area contributed by atoms with Crippen LogP contribution < -0.4 is 9.64 Å². The van der Waals surface area contributed by atoms with Crippen molar-refractivity contribution < 1.29 is 41.2 Å². The van der Waals surface area contributed by atoms with E-state index in [4.69, 9.17) is 4.74 Å². The first-order chi connectivity index (χ1) is 24.8. The van der Waals surface area contributed by atoms with Gasteiger partial charge in [0.2, 0.25) is 5.91 Å². The molecule has 2 aliphatic rings. The highest BCUT2D eigenvalue weighted by Crippen LogP contribution is 2.46. The lowest BCUT2D eigenvalue weighted by atomic mass is 9.99. The summed E-state index contributed by atoms with van der Waals surface area (Å²) in [5.41, 5.74) is 3.51. The van der Waals surface area contributed by atoms with Gasteiger partial charge in [-0.05, 0) is 103 Å². The van der Waals surface area contributed by atoms with Gasteiger partial charge in [0, 0.05) is 6.54 Å². The molecule has 0 radical (unpaired) electrons. The van der Waals surface area contributed by atoms with E-state index in [0.717, 1.165) is 46.7 Å². The van der Waals surface area contributed by atoms with E-state index in [1.807, 2.05) is 18.2 Å². The molecule has 0 aromatic heterocycles. The molecule has 4 aromatic rings. The summed E-state index contributed by atoms with van der Waals surface area (Å²) in [5.74, 6) is -5.55. The number of halogens is 4. The van der Waals surface area contributed by atoms with Gasteiger partial charge in [-0.25, -0.2) is 30.9 Å². The van der Waals surface area contributed by atoms with E-state index in [0.29, 0.717) is 11.8 Å². The van der Waals surface area contributed by atoms with Crippen molar-refractivity contribution in [3.8, 4) is 11.8 Å². The second kappa shape index (κ2) is 14.8. The van der Waals surface area contributed by atoms with E-state index in [9.17, 15) is 37.3 Å². The largest absolute Gasteiger partial charge is 0.492 e. The van der Waals surface area contributed by atoms with Gasteiger partial charge < -0.3 is 14.7 Å². The average Bonchev–Trinajstić information content (AvgIpc) is 4.05. The first-order valence-corrected chi connectivity index (χ1v) is 18.4. The van der Waals surface area contributed by atoms with Crippen LogP contribution in [0.25, 0.3) is 0 Å². The van der Waals surface area contributed by atoms with E-state index in [1.54, 1.807) is 19.1 Å². The number of carbonyl (C=O) groups is 2. The summed E-state index contributed by atoms with van der Waals surface area (Å²) < 4.78 is 79.4. The van der Waals surface area contributed by atoms with Crippen LogP contribution in [0.15, 0.2) is 71.6 Å². The second-order valence-electron chi connectivity index (χ2n) is 13.0. The van der Waals surface area contributed by atoms with E-state index >= 15 is 4.39 Å². The Kier molecular flexibility index (Phi) is 10.4. The fraction of sp³-hybridized carbons (Fsp3) is 0.282. The quantitative estimate of drug-likeness (QED) is 0.0616. The predicted molar refractivity (Wildman–Crippen MR) is 188 cm³/mol. The minimum Gasteiger partial charge on any atom is -0.492 e. The first kappa shape index (κ1) is 36.6. The Morgan fingerprint density at radius 2 is 1.58 bits per heavy atom. The number of carboxylic acids is 1. The van der Waals surface area contributed by atoms with Crippen molar-refractivity contribution in [2.24, 2.45) is 0 Å². The fourth-order valence-electron chi connectivity index (χ4n) is 6.15. The van der Waals surface area contributed by atoms with Crippen molar-refractivity contribution in [1.29, 1.82) is 5.26 Å². The zero-order chi connectivity index (χ0) is 37.3. The van der Waals surface area contributed by atoms with Gasteiger partial charge in [0.1, 0.15) is 5.75 Å². The molecule has 0 saturated heterocycles. The minimum absolute atomic E-state index is 0.0409. The Balaban J connectivity index is 1.47. The molecule has 8 nitrogen and oxygen atoms in total. The average molecular weight is 734 g/mol. The van der Waals surface area contributed by atoms with Crippen molar-refractivity contribution in [3.05, 3.63) is 123 Å². The molecule has 1 atom stereocenters. The van der Waals surface area contributed by atoms with Crippen molar-refractivity contribution in [2.75, 3.05) is 18.1 Å². The highest BCUT2D eigenvalue weighted by Gasteiger charge is 2.33. The van der Waals surface area contributed by atoms with Crippen LogP contribution in [-0.4, -0.2) is 44.5 Å². The van der Waals surface area contributed by atoms with Gasteiger partial charge >= 0.3 is 5.97 Å². The van der Waals surface area contributed by atoms with Crippen molar-refractivity contribution >= 4 is 33.1 Å². The summed E-state index contributed by atoms with van der Waals surface area (Å²) >= 11 is 0. The van der Waals surface area contributed by atoms with Gasteiger partial charge in [-0.2, -0.15) is 5.26 Å². The number of hydrogen-bond acceptors (Lipinski definition) is 5. The number of anilines is 1. The van der Waals surface area contributed by atoms with Gasteiger partial charge in [0.15, 0.2) is 23.3 Å². The van der Waals surface area contributed by atoms with Crippen molar-refractivity contribution in [2.45, 2.75) is 62.4 Å². The molecule has 1 amide bonds. The molecule has 2 saturated carbocycles. The molecule has 0 bridgehead atoms. The zero-order valence-corrected chi connectivity index (χ0v) is 29.0. The van der Waals surface area contributed by atoms with Gasteiger partial charge in [0.25, 0.3) is 0 Å². The molecule has 1 unspecified atom stereocenters. The minimum atomic E-state index is -4.31. The summed E-state index contributed by atoms with van der Waals surface area (Å²) in [6.45, 7) is 0.496. The van der Waals surface area contributed by atoms with Gasteiger partial charge in [-0.15, -0.1) is 0 Å². The molecule has 2 fully saturated rings. The van der Waals surface area contributed by atoms with Crippen LogP contribution in [0.2, 0.25) is 0 Å². The van der Waals surface area contributed by atoms with Gasteiger partial charge in [0.05, 0.1) is 57.2 Å². The number of ether oxygens (including phenoxy) is 1. The number of nitriles is 1. The lowest BCUT2D eigenvalue weighted by molar-refractivity contribution is -0.119. The summed E-state index contributed by atoms with van der Waals surface area (Å²) in [7, 11) is -4.31. The maximum atomic E-state index is 15.2. The van der Waals surface area contributed by atoms with Crippen LogP contribution in [0.4, 0.5) is 23.2 Å². The third kappa shape index (κ3) is 7.68. The third-order valence-electron chi connectivity index (χ3n) is 9.20. The molecule has 52 heavy (non-hydrogen) atoms. The molecule has 13 heteroatoms. The highest BCUT2D eigenvalue weighted by atomic mass is 32.2. The fourth-order valence-corrected chi connectivity index (χ4v) is 7.76. The Morgan fingerprint density at radius 3 is 2.17 bits per heavy atom. The maximum absolute atomic E-state index is 15.2. The number of carbonyl (C=O) groups excluding carboxylic acids is 1. The van der Waals surface area contributed by atoms with Gasteiger partial charge in [-0.1, -0.05) is 36.4 Å². The van der Waals surface area contributed by atoms with E-state index < -0.39 is 62.8 Å². The maximum Gasteiger partial charge on any atom is 0.335 e. The third-order valence-corrected chi connectivity index (χ3v) is 11.3. The summed E-state index contributed by atoms with van der Waals surface area (Å²) in [6.07, 6.45) is 4.16. The smallest absolute Gasteiger partial charge is 0.335 e. The van der Waals surface area contributed by atoms with Crippen LogP contribution in [0.5, 0.6) is 5.75 Å². The molecule has 0 heterocycles. The number of aromatic carboxylic acids is 1. The Hall–Kier alpha value is -5.19. The lowest BCUT2D eigenvalue weighted by Crippen LogP contribution is -2.43. The SMILES string of the molecule is C=S(=O)(c1cc(F)c(F)c(F)c1F)N(CC(=O)N(Cc1cc(C2CC2)cc(C2CC2)c1)c1ccc(C(=O)O)cc1OCC)Cc1ccccc1C#N. The highest BCUT2D eigenvalue weighted by molar-refractivity contribution is 7.98. The van der Waals surface area contributed by atoms with E-state index in [1.165, 1.54) is 35.2 Å². The van der Waals surface area contributed by atoms with Crippen LogP contribution in [-0.2, 0) is 27.6 Å². The lowest BCUT2D eigenvalue weighted by Gasteiger charge is -2.31. The number of hydrogen-bond donors (Lipinski definition) is 1. The van der Waals surface area contributed by atoms with Crippen LogP contribution in [0.3, 0.4) is 0 Å². The number of carboxylic acid groups (broad SMARTS) is 1. The second-order valence-corrected chi connectivity index (χ2v) is 15.2. The Labute approximate surface area is 299 Å². The predicted octanol–water partition coefficient (Wildman–Crippen LogP) is 7.69. The molecule has 2 aliphatic carbocycles. The number of benzene rings is 4. The molecule has 270 valence electrons. The van der Waals surface area contributed by atoms with E-state index in [2.05, 4.69) is 11.9 Å². The molecule has 4 aromatic carbocycles. The van der Waals surface area contributed by atoms with E-state index in [-0.39, 0.29) is 47.3 Å². The summed E-state index contributed by atoms with van der Waals surface area (Å²) in [4.78, 5) is 26.8. The van der Waals surface area contributed by atoms with Crippen molar-refractivity contribution in [3.63, 3.8) is 0 Å². The Bertz CT molecular complexity index is 2180. The Morgan fingerprint density at radius 1 is 0.923 bits per heavy atom. The molecule has 1 N–H and O–H groups in total. The standard InChI is InChI=1S/C39H35F4N3O5S/c1-3-51-33-17-26(39(48)49)12-13-32(33)46(20-23-14-29(24-8-9-24)16-30(15-23)25-10-11-25)35(47)22-45(21-28-7-5-4-6-27(28)19-44)52(2,50)34-18-31(40)36(41)38(43)37(34)42/h4-7,12-18,24-25H,2-3,8-11,20-22H2,1H3,(H,48,49). The molecule has 0 spiro atoms. The molecule has 0 aliphatic heterocycles. The molecular formula is C39H35F4N3O5S. The van der Waals surface area contributed by atoms with Gasteiger partial charge in [-0.3, -0.25) is 4.79 Å². The van der Waals surface area contributed by atoms with Crippen LogP contribution >= 0.6 is 0 Å². The first-order valence-electron chi connectivity index (χ1n) is 16.7. The molecule has 6 rings (SSSR count). The number of amides is 1. The molecular weight excluding hydrogens is 699 g/mol. The van der Waals surface area contributed by atoms with Crippen molar-refractivity contribution in [1.82, 2.24) is 4.31 Å². The van der Waals surface area contributed by atoms with Crippen LogP contribution in [0.1, 0.15) is 82.6 Å². The zero-order valence-electron chi connectivity index (χ0n) is 28.2. The summed E-state index contributed by atoms with van der Waals surface area (Å²) in [5, 5.41) is 19.5. The van der Waals surface area contributed by atoms with Crippen LogP contribution in [0, 0.1) is 34.6 Å². The number of rotatable bonds is 14. The number of nitrogens with zero attached hydrogens (tertiary/aromatic N) is 3. The monoisotopic (exact) mass is 733 g/mol. The topological polar surface area (TPSA) is 111 Å². The summed E-state index contributed by atoms with van der Waals surface area (Å²) in [6, 6.07) is 18.6.